The Balaban J connectivity index is 1.95. The number of carbonyl (C=O) groups is 2. The maximum Gasteiger partial charge on any atom is 0.339 e. The molecule has 9 heteroatoms. The molecule has 1 aromatic heterocycles. The van der Waals surface area contributed by atoms with Crippen LogP contribution < -0.4 is 4.83 Å². The van der Waals surface area contributed by atoms with E-state index < -0.39 is 21.8 Å². The molecule has 8 nitrogen and oxygen atoms in total. The molecule has 1 aliphatic rings. The number of hydrazine groups is 1. The van der Waals surface area contributed by atoms with Crippen LogP contribution in [0.25, 0.3) is 0 Å². The first-order chi connectivity index (χ1) is 11.4. The normalized spacial score (nSPS) is 14.9. The first kappa shape index (κ1) is 16.0. The molecule has 2 heterocycles. The fourth-order valence-corrected chi connectivity index (χ4v) is 3.07. The van der Waals surface area contributed by atoms with Crippen molar-refractivity contribution in [2.75, 3.05) is 0 Å². The number of sulfonamides is 1. The Labute approximate surface area is 137 Å². The predicted octanol–water partition coefficient (Wildman–Crippen LogP) is 0.399. The highest BCUT2D eigenvalue weighted by atomic mass is 32.2. The average Bonchev–Trinajstić information content (AvgIpc) is 2.84. The minimum Gasteiger partial charge on any atom is -0.265 e. The Morgan fingerprint density at radius 3 is 2.25 bits per heavy atom. The predicted molar refractivity (Wildman–Crippen MR) is 84.1 cm³/mol. The van der Waals surface area contributed by atoms with Gasteiger partial charge in [-0.1, -0.05) is 17.7 Å². The summed E-state index contributed by atoms with van der Waals surface area (Å²) in [5, 5.41) is 0.632. The van der Waals surface area contributed by atoms with Gasteiger partial charge in [0, 0.05) is 18.0 Å². The summed E-state index contributed by atoms with van der Waals surface area (Å²) in [6.45, 7) is 1.82. The summed E-state index contributed by atoms with van der Waals surface area (Å²) >= 11 is 0. The molecule has 3 rings (SSSR count). The highest BCUT2D eigenvalue weighted by Crippen LogP contribution is 2.15. The number of aliphatic imine (C=N–C) groups is 1. The maximum atomic E-state index is 12.4. The summed E-state index contributed by atoms with van der Waals surface area (Å²) in [7, 11) is -4.05. The molecule has 0 bridgehead atoms. The van der Waals surface area contributed by atoms with E-state index >= 15 is 0 Å². The Morgan fingerprint density at radius 2 is 1.62 bits per heavy atom. The molecule has 1 aromatic carbocycles. The van der Waals surface area contributed by atoms with Gasteiger partial charge in [0.15, 0.2) is 5.84 Å². The standard InChI is InChI=1S/C15H12N4O4S/c1-10-2-4-12(5-3-10)24(22,23)18-19-13(17-14(20)15(19)21)11-6-8-16-9-7-11/h2-9,18H,1H3. The zero-order valence-electron chi connectivity index (χ0n) is 12.5. The van der Waals surface area contributed by atoms with Crippen molar-refractivity contribution in [1.29, 1.82) is 0 Å². The molecule has 24 heavy (non-hydrogen) atoms. The second-order valence-electron chi connectivity index (χ2n) is 5.02. The number of nitrogens with one attached hydrogen (secondary N) is 1. The number of aryl methyl sites for hydroxylation is 1. The van der Waals surface area contributed by atoms with Crippen LogP contribution in [-0.4, -0.2) is 36.1 Å². The second kappa shape index (κ2) is 5.95. The maximum absolute atomic E-state index is 12.4. The molecule has 0 radical (unpaired) electrons. The van der Waals surface area contributed by atoms with Crippen molar-refractivity contribution >= 4 is 27.7 Å². The fourth-order valence-electron chi connectivity index (χ4n) is 2.06. The number of hydrogen-bond acceptors (Lipinski definition) is 5. The van der Waals surface area contributed by atoms with E-state index in [1.165, 1.54) is 36.7 Å². The highest BCUT2D eigenvalue weighted by molar-refractivity contribution is 7.89. The van der Waals surface area contributed by atoms with Crippen LogP contribution in [0.3, 0.4) is 0 Å². The van der Waals surface area contributed by atoms with Crippen LogP contribution in [0.5, 0.6) is 0 Å². The number of nitrogens with zero attached hydrogens (tertiary/aromatic N) is 3. The molecule has 1 N–H and O–H groups in total. The van der Waals surface area contributed by atoms with Gasteiger partial charge in [-0.3, -0.25) is 14.6 Å². The van der Waals surface area contributed by atoms with Crippen LogP contribution >= 0.6 is 0 Å². The van der Waals surface area contributed by atoms with Crippen LogP contribution in [0.2, 0.25) is 0 Å². The summed E-state index contributed by atoms with van der Waals surface area (Å²) in [4.78, 5) is 33.1. The number of amides is 2. The van der Waals surface area contributed by atoms with E-state index in [1.807, 2.05) is 6.92 Å². The SMILES string of the molecule is Cc1ccc(S(=O)(=O)NN2C(=O)C(=O)N=C2c2ccncc2)cc1. The molecule has 0 saturated carbocycles. The third kappa shape index (κ3) is 2.94. The van der Waals surface area contributed by atoms with Crippen molar-refractivity contribution in [3.05, 3.63) is 59.9 Å². The Bertz CT molecular complexity index is 937. The Hall–Kier alpha value is -2.91. The number of aromatic nitrogens is 1. The van der Waals surface area contributed by atoms with Crippen molar-refractivity contribution in [2.24, 2.45) is 4.99 Å². The smallest absolute Gasteiger partial charge is 0.265 e. The Morgan fingerprint density at radius 1 is 1.00 bits per heavy atom. The molecule has 0 fully saturated rings. The molecule has 2 aromatic rings. The van der Waals surface area contributed by atoms with E-state index in [-0.39, 0.29) is 10.7 Å². The summed E-state index contributed by atoms with van der Waals surface area (Å²) in [6, 6.07) is 9.09. The molecule has 0 atom stereocenters. The van der Waals surface area contributed by atoms with Crippen molar-refractivity contribution in [2.45, 2.75) is 11.8 Å². The summed E-state index contributed by atoms with van der Waals surface area (Å²) in [5.74, 6) is -2.21. The quantitative estimate of drug-likeness (QED) is 0.808. The first-order valence-corrected chi connectivity index (χ1v) is 8.33. The molecule has 2 amide bonds. The van der Waals surface area contributed by atoms with E-state index in [1.54, 1.807) is 12.1 Å². The molecule has 1 aliphatic heterocycles. The summed E-state index contributed by atoms with van der Waals surface area (Å²) in [5.41, 5.74) is 1.27. The van der Waals surface area contributed by atoms with Gasteiger partial charge in [-0.25, -0.2) is 13.4 Å². The molecule has 0 aliphatic carbocycles. The molecule has 122 valence electrons. The van der Waals surface area contributed by atoms with Gasteiger partial charge in [0.05, 0.1) is 4.90 Å². The molecular weight excluding hydrogens is 332 g/mol. The third-order valence-corrected chi connectivity index (χ3v) is 4.60. The van der Waals surface area contributed by atoms with Gasteiger partial charge in [0.1, 0.15) is 0 Å². The number of benzene rings is 1. The number of pyridine rings is 1. The van der Waals surface area contributed by atoms with Crippen LogP contribution in [0, 0.1) is 6.92 Å². The van der Waals surface area contributed by atoms with E-state index in [9.17, 15) is 18.0 Å². The van der Waals surface area contributed by atoms with Gasteiger partial charge in [-0.15, -0.1) is 4.83 Å². The highest BCUT2D eigenvalue weighted by Gasteiger charge is 2.37. The number of hydrogen-bond donors (Lipinski definition) is 1. The van der Waals surface area contributed by atoms with Crippen molar-refractivity contribution in [3.8, 4) is 0 Å². The molecule has 0 unspecified atom stereocenters. The van der Waals surface area contributed by atoms with Gasteiger partial charge >= 0.3 is 11.8 Å². The first-order valence-electron chi connectivity index (χ1n) is 6.85. The third-order valence-electron chi connectivity index (χ3n) is 3.29. The lowest BCUT2D eigenvalue weighted by molar-refractivity contribution is -0.140. The van der Waals surface area contributed by atoms with E-state index in [0.29, 0.717) is 10.6 Å². The zero-order valence-corrected chi connectivity index (χ0v) is 13.3. The van der Waals surface area contributed by atoms with Gasteiger partial charge in [-0.05, 0) is 31.2 Å². The minimum atomic E-state index is -4.05. The number of carbonyl (C=O) groups excluding carboxylic acids is 2. The van der Waals surface area contributed by atoms with Crippen molar-refractivity contribution in [1.82, 2.24) is 14.8 Å². The van der Waals surface area contributed by atoms with Crippen molar-refractivity contribution < 1.29 is 18.0 Å². The second-order valence-corrected chi connectivity index (χ2v) is 6.69. The lowest BCUT2D eigenvalue weighted by atomic mass is 10.2. The van der Waals surface area contributed by atoms with Crippen LogP contribution in [0.4, 0.5) is 0 Å². The van der Waals surface area contributed by atoms with Gasteiger partial charge in [-0.2, -0.15) is 4.99 Å². The van der Waals surface area contributed by atoms with Crippen LogP contribution in [0.15, 0.2) is 58.7 Å². The molecular formula is C15H12N4O4S. The van der Waals surface area contributed by atoms with Gasteiger partial charge in [0.25, 0.3) is 10.0 Å². The van der Waals surface area contributed by atoms with Gasteiger partial charge < -0.3 is 0 Å². The van der Waals surface area contributed by atoms with E-state index in [0.717, 1.165) is 5.56 Å². The van der Waals surface area contributed by atoms with E-state index in [4.69, 9.17) is 0 Å². The summed E-state index contributed by atoms with van der Waals surface area (Å²) in [6.07, 6.45) is 2.88. The zero-order chi connectivity index (χ0) is 17.3. The fraction of sp³-hybridized carbons (Fsp3) is 0.0667. The van der Waals surface area contributed by atoms with Crippen LogP contribution in [0.1, 0.15) is 11.1 Å². The van der Waals surface area contributed by atoms with Crippen LogP contribution in [-0.2, 0) is 19.6 Å². The molecule has 0 spiro atoms. The molecule has 0 saturated heterocycles. The average molecular weight is 344 g/mol. The number of amidine groups is 1. The number of rotatable bonds is 4. The summed E-state index contributed by atoms with van der Waals surface area (Å²) < 4.78 is 24.9. The topological polar surface area (TPSA) is 109 Å². The largest absolute Gasteiger partial charge is 0.339 e. The van der Waals surface area contributed by atoms with Crippen molar-refractivity contribution in [3.63, 3.8) is 0 Å². The van der Waals surface area contributed by atoms with Gasteiger partial charge in [0.2, 0.25) is 0 Å². The monoisotopic (exact) mass is 344 g/mol. The lowest BCUT2D eigenvalue weighted by Gasteiger charge is -2.18. The Kier molecular flexibility index (Phi) is 3.96. The minimum absolute atomic E-state index is 0.0330. The lowest BCUT2D eigenvalue weighted by Crippen LogP contribution is -2.48. The van der Waals surface area contributed by atoms with E-state index in [2.05, 4.69) is 14.8 Å².